The fraction of sp³-hybridized carbons (Fsp3) is 0.333. The Bertz CT molecular complexity index is 1500. The number of sulfonamides is 1. The van der Waals surface area contributed by atoms with Crippen LogP contribution in [0.2, 0.25) is 0 Å². The van der Waals surface area contributed by atoms with E-state index in [-0.39, 0.29) is 0 Å². The number of fused-ring (bicyclic) bond motifs is 2. The zero-order chi connectivity index (χ0) is 26.0. The van der Waals surface area contributed by atoms with E-state index in [4.69, 9.17) is 0 Å². The average Bonchev–Trinajstić information content (AvgIpc) is 3.46. The van der Waals surface area contributed by atoms with Gasteiger partial charge in [0.25, 0.3) is 0 Å². The van der Waals surface area contributed by atoms with Crippen LogP contribution in [0.1, 0.15) is 40.2 Å². The molecule has 0 radical (unpaired) electrons. The first-order valence-electron chi connectivity index (χ1n) is 13.3. The number of nitrogens with zero attached hydrogens (tertiary/aromatic N) is 4. The second kappa shape index (κ2) is 10.8. The van der Waals surface area contributed by atoms with Gasteiger partial charge in [0.2, 0.25) is 10.0 Å². The number of pyridine rings is 1. The van der Waals surface area contributed by atoms with Crippen molar-refractivity contribution >= 4 is 10.0 Å². The molecular weight excluding hydrogens is 494 g/mol. The maximum atomic E-state index is 13.6. The van der Waals surface area contributed by atoms with E-state index in [0.717, 1.165) is 49.2 Å². The zero-order valence-corrected chi connectivity index (χ0v) is 22.3. The van der Waals surface area contributed by atoms with Gasteiger partial charge in [-0.2, -0.15) is 4.31 Å². The molecule has 0 saturated heterocycles. The van der Waals surface area contributed by atoms with Gasteiger partial charge in [-0.1, -0.05) is 42.5 Å². The molecule has 0 spiro atoms. The molecule has 2 aromatic carbocycles. The van der Waals surface area contributed by atoms with Crippen LogP contribution in [0.5, 0.6) is 0 Å². The Morgan fingerprint density at radius 1 is 0.921 bits per heavy atom. The van der Waals surface area contributed by atoms with Gasteiger partial charge in [-0.25, -0.2) is 13.4 Å². The Kier molecular flexibility index (Phi) is 7.10. The van der Waals surface area contributed by atoms with Crippen LogP contribution in [0.25, 0.3) is 0 Å². The molecular formula is C30H33N5O2S. The van der Waals surface area contributed by atoms with Gasteiger partial charge in [0.15, 0.2) is 0 Å². The van der Waals surface area contributed by atoms with Crippen molar-refractivity contribution in [3.63, 3.8) is 0 Å². The Labute approximate surface area is 224 Å². The lowest BCUT2D eigenvalue weighted by Gasteiger charge is -2.30. The number of aromatic nitrogens is 3. The highest BCUT2D eigenvalue weighted by Gasteiger charge is 2.29. The highest BCUT2D eigenvalue weighted by molar-refractivity contribution is 7.89. The number of imidazole rings is 1. The summed E-state index contributed by atoms with van der Waals surface area (Å²) in [5.41, 5.74) is 5.88. The molecule has 1 aliphatic carbocycles. The summed E-state index contributed by atoms with van der Waals surface area (Å²) in [5.74, 6) is 1.41. The Morgan fingerprint density at radius 2 is 1.79 bits per heavy atom. The minimum Gasteiger partial charge on any atom is -0.348 e. The van der Waals surface area contributed by atoms with Crippen LogP contribution >= 0.6 is 0 Å². The third-order valence-corrected chi connectivity index (χ3v) is 9.61. The first kappa shape index (κ1) is 25.0. The largest absolute Gasteiger partial charge is 0.348 e. The molecule has 3 heterocycles. The predicted molar refractivity (Wildman–Crippen MR) is 147 cm³/mol. The molecule has 38 heavy (non-hydrogen) atoms. The van der Waals surface area contributed by atoms with Crippen LogP contribution in [-0.4, -0.2) is 45.7 Å². The number of rotatable bonds is 8. The molecule has 1 aliphatic heterocycles. The maximum Gasteiger partial charge on any atom is 0.243 e. The lowest BCUT2D eigenvalue weighted by atomic mass is 9.86. The first-order valence-corrected chi connectivity index (χ1v) is 14.8. The molecule has 0 amide bonds. The molecule has 1 atom stereocenters. The van der Waals surface area contributed by atoms with E-state index in [2.05, 4.69) is 32.0 Å². The molecule has 2 aliphatic rings. The van der Waals surface area contributed by atoms with E-state index < -0.39 is 10.0 Å². The second-order valence-corrected chi connectivity index (χ2v) is 12.4. The smallest absolute Gasteiger partial charge is 0.243 e. The first-order chi connectivity index (χ1) is 18.5. The maximum absolute atomic E-state index is 13.6. The van der Waals surface area contributed by atoms with Crippen molar-refractivity contribution in [1.82, 2.24) is 24.2 Å². The Morgan fingerprint density at radius 3 is 2.66 bits per heavy atom. The molecule has 8 heteroatoms. The van der Waals surface area contributed by atoms with Crippen LogP contribution in [0.4, 0.5) is 0 Å². The number of hydrogen-bond acceptors (Lipinski definition) is 5. The number of H-pyrrole nitrogens is 1. The van der Waals surface area contributed by atoms with Gasteiger partial charge in [-0.3, -0.25) is 9.88 Å². The summed E-state index contributed by atoms with van der Waals surface area (Å²) in [6, 6.07) is 19.8. The molecule has 1 unspecified atom stereocenters. The summed E-state index contributed by atoms with van der Waals surface area (Å²) in [7, 11) is -3.59. The van der Waals surface area contributed by atoms with Crippen molar-refractivity contribution in [3.8, 4) is 0 Å². The molecule has 0 bridgehead atoms. The van der Waals surface area contributed by atoms with E-state index >= 15 is 0 Å². The summed E-state index contributed by atoms with van der Waals surface area (Å²) in [4.78, 5) is 15.0. The topological polar surface area (TPSA) is 82.2 Å². The second-order valence-electron chi connectivity index (χ2n) is 10.4. The number of benzene rings is 2. The monoisotopic (exact) mass is 527 g/mol. The van der Waals surface area contributed by atoms with Crippen molar-refractivity contribution < 1.29 is 8.42 Å². The standard InChI is InChI=1S/C30H33N5O2S/c36-38(37,35-16-12-25-6-1-2-7-27(25)21-35)28-9-3-5-23(17-28)19-34(22-30-32-14-15-33-30)20-24-10-11-26-8-4-13-31-29(26)18-24/h1-9,13-15,17,24H,10-12,16,18-22H2,(H,32,33). The van der Waals surface area contributed by atoms with Gasteiger partial charge in [0, 0.05) is 50.5 Å². The molecule has 0 saturated carbocycles. The van der Waals surface area contributed by atoms with Crippen LogP contribution in [0.3, 0.4) is 0 Å². The predicted octanol–water partition coefficient (Wildman–Crippen LogP) is 4.36. The number of nitrogens with one attached hydrogen (secondary N) is 1. The van der Waals surface area contributed by atoms with E-state index in [1.807, 2.05) is 54.9 Å². The Balaban J connectivity index is 1.20. The third kappa shape index (κ3) is 5.43. The molecule has 6 rings (SSSR count). The van der Waals surface area contributed by atoms with Crippen molar-refractivity contribution in [2.45, 2.75) is 50.2 Å². The Hall–Kier alpha value is -3.33. The lowest BCUT2D eigenvalue weighted by molar-refractivity contribution is 0.199. The molecule has 4 aromatic rings. The third-order valence-electron chi connectivity index (χ3n) is 7.77. The van der Waals surface area contributed by atoms with Gasteiger partial charge < -0.3 is 4.98 Å². The fourth-order valence-corrected chi connectivity index (χ4v) is 7.30. The quantitative estimate of drug-likeness (QED) is 0.368. The minimum absolute atomic E-state index is 0.364. The number of aromatic amines is 1. The minimum atomic E-state index is -3.59. The van der Waals surface area contributed by atoms with Gasteiger partial charge in [0.1, 0.15) is 5.82 Å². The fourth-order valence-electron chi connectivity index (χ4n) is 5.81. The summed E-state index contributed by atoms with van der Waals surface area (Å²) in [6.45, 7) is 3.16. The lowest BCUT2D eigenvalue weighted by Crippen LogP contribution is -2.36. The normalized spacial score (nSPS) is 17.8. The summed E-state index contributed by atoms with van der Waals surface area (Å²) in [6.07, 6.45) is 9.39. The number of aryl methyl sites for hydroxylation is 1. The highest BCUT2D eigenvalue weighted by Crippen LogP contribution is 2.27. The molecule has 196 valence electrons. The summed E-state index contributed by atoms with van der Waals surface area (Å²) < 4.78 is 28.8. The van der Waals surface area contributed by atoms with Crippen molar-refractivity contribution in [2.24, 2.45) is 5.92 Å². The van der Waals surface area contributed by atoms with Gasteiger partial charge in [-0.05, 0) is 72.1 Å². The van der Waals surface area contributed by atoms with Crippen molar-refractivity contribution in [3.05, 3.63) is 113 Å². The van der Waals surface area contributed by atoms with Crippen molar-refractivity contribution in [1.29, 1.82) is 0 Å². The molecule has 7 nitrogen and oxygen atoms in total. The zero-order valence-electron chi connectivity index (χ0n) is 21.5. The summed E-state index contributed by atoms with van der Waals surface area (Å²) >= 11 is 0. The SMILES string of the molecule is O=S(=O)(c1cccc(CN(Cc2ncc[nH]2)CC2CCc3cccnc3C2)c1)N1CCc2ccccc2C1. The van der Waals surface area contributed by atoms with Crippen molar-refractivity contribution in [2.75, 3.05) is 13.1 Å². The van der Waals surface area contributed by atoms with Crippen LogP contribution in [0, 0.1) is 5.92 Å². The average molecular weight is 528 g/mol. The summed E-state index contributed by atoms with van der Waals surface area (Å²) in [5, 5.41) is 0. The van der Waals surface area contributed by atoms with Gasteiger partial charge in [-0.15, -0.1) is 0 Å². The van der Waals surface area contributed by atoms with Gasteiger partial charge in [0.05, 0.1) is 11.4 Å². The van der Waals surface area contributed by atoms with E-state index in [1.165, 1.54) is 16.8 Å². The van der Waals surface area contributed by atoms with E-state index in [1.54, 1.807) is 16.6 Å². The molecule has 2 aromatic heterocycles. The van der Waals surface area contributed by atoms with Crippen LogP contribution in [0.15, 0.2) is 84.1 Å². The number of hydrogen-bond donors (Lipinski definition) is 1. The molecule has 1 N–H and O–H groups in total. The van der Waals surface area contributed by atoms with E-state index in [0.29, 0.717) is 37.0 Å². The molecule has 0 fully saturated rings. The van der Waals surface area contributed by atoms with Gasteiger partial charge >= 0.3 is 0 Å². The highest BCUT2D eigenvalue weighted by atomic mass is 32.2. The van der Waals surface area contributed by atoms with Crippen LogP contribution in [-0.2, 0) is 48.9 Å². The van der Waals surface area contributed by atoms with Crippen LogP contribution < -0.4 is 0 Å². The van der Waals surface area contributed by atoms with E-state index in [9.17, 15) is 8.42 Å².